The Morgan fingerprint density at radius 3 is 2.48 bits per heavy atom. The summed E-state index contributed by atoms with van der Waals surface area (Å²) in [6, 6.07) is 13.2. The van der Waals surface area contributed by atoms with Gasteiger partial charge in [0.15, 0.2) is 0 Å². The maximum Gasteiger partial charge on any atom is 0.416 e. The molecule has 0 aliphatic heterocycles. The minimum atomic E-state index is -4.40. The predicted molar refractivity (Wildman–Crippen MR) is 71.3 cm³/mol. The molecule has 0 spiro atoms. The number of aliphatic hydroxyl groups is 1. The lowest BCUT2D eigenvalue weighted by Crippen LogP contribution is -2.07. The molecule has 0 aromatic heterocycles. The third kappa shape index (κ3) is 3.83. The molecule has 0 aliphatic carbocycles. The maximum atomic E-state index is 12.6. The van der Waals surface area contributed by atoms with Gasteiger partial charge in [-0.05, 0) is 29.3 Å². The van der Waals surface area contributed by atoms with Crippen molar-refractivity contribution in [2.24, 2.45) is 0 Å². The molecule has 2 rings (SSSR count). The van der Waals surface area contributed by atoms with E-state index in [2.05, 4.69) is 0 Å². The molecule has 5 heteroatoms. The minimum Gasteiger partial charge on any atom is -0.388 e. The number of nitriles is 1. The van der Waals surface area contributed by atoms with Gasteiger partial charge in [0.05, 0.1) is 23.3 Å². The van der Waals surface area contributed by atoms with E-state index in [0.29, 0.717) is 16.7 Å². The highest BCUT2D eigenvalue weighted by Crippen LogP contribution is 2.30. The van der Waals surface area contributed by atoms with Gasteiger partial charge in [0.1, 0.15) is 0 Å². The number of alkyl halides is 3. The molecule has 0 aliphatic rings. The highest BCUT2D eigenvalue weighted by Gasteiger charge is 2.30. The first kappa shape index (κ1) is 15.1. The molecule has 0 saturated heterocycles. The van der Waals surface area contributed by atoms with Crippen LogP contribution in [0.25, 0.3) is 0 Å². The van der Waals surface area contributed by atoms with Crippen LogP contribution in [-0.4, -0.2) is 5.11 Å². The van der Waals surface area contributed by atoms with Crippen molar-refractivity contribution in [1.82, 2.24) is 0 Å². The van der Waals surface area contributed by atoms with Crippen molar-refractivity contribution in [3.8, 4) is 6.07 Å². The Bertz CT molecular complexity index is 674. The lowest BCUT2D eigenvalue weighted by Gasteiger charge is -2.13. The Morgan fingerprint density at radius 2 is 1.81 bits per heavy atom. The van der Waals surface area contributed by atoms with Crippen LogP contribution in [0.4, 0.5) is 13.2 Å². The lowest BCUT2D eigenvalue weighted by atomic mass is 9.99. The van der Waals surface area contributed by atoms with E-state index < -0.39 is 17.8 Å². The highest BCUT2D eigenvalue weighted by molar-refractivity contribution is 5.35. The van der Waals surface area contributed by atoms with E-state index in [0.717, 1.165) is 12.1 Å². The first-order valence-electron chi connectivity index (χ1n) is 6.24. The first-order chi connectivity index (χ1) is 9.90. The van der Waals surface area contributed by atoms with Crippen LogP contribution in [0.1, 0.15) is 28.4 Å². The minimum absolute atomic E-state index is 0.0544. The van der Waals surface area contributed by atoms with Gasteiger partial charge in [0.25, 0.3) is 0 Å². The van der Waals surface area contributed by atoms with Crippen LogP contribution in [0.3, 0.4) is 0 Å². The molecule has 0 heterocycles. The molecule has 0 saturated carbocycles. The van der Waals surface area contributed by atoms with Gasteiger partial charge in [-0.25, -0.2) is 0 Å². The molecule has 2 nitrogen and oxygen atoms in total. The largest absolute Gasteiger partial charge is 0.416 e. The number of hydrogen-bond donors (Lipinski definition) is 1. The molecule has 108 valence electrons. The summed E-state index contributed by atoms with van der Waals surface area (Å²) in [5.74, 6) is 0. The fourth-order valence-electron chi connectivity index (χ4n) is 2.03. The summed E-state index contributed by atoms with van der Waals surface area (Å²) in [5, 5.41) is 18.9. The molecule has 2 aromatic carbocycles. The standard InChI is InChI=1S/C16H12F3NO/c17-16(18,19)14-6-2-3-11(8-14)9-15(21)13-5-1-4-12(7-13)10-20/h1-8,15,21H,9H2. The van der Waals surface area contributed by atoms with Gasteiger partial charge in [0.2, 0.25) is 0 Å². The van der Waals surface area contributed by atoms with Crippen LogP contribution in [-0.2, 0) is 12.6 Å². The van der Waals surface area contributed by atoms with Crippen LogP contribution in [0.2, 0.25) is 0 Å². The molecule has 0 amide bonds. The van der Waals surface area contributed by atoms with Crippen molar-refractivity contribution >= 4 is 0 Å². The summed E-state index contributed by atoms with van der Waals surface area (Å²) >= 11 is 0. The fraction of sp³-hybridized carbons (Fsp3) is 0.188. The quantitative estimate of drug-likeness (QED) is 0.933. The maximum absolute atomic E-state index is 12.6. The Labute approximate surface area is 120 Å². The second kappa shape index (κ2) is 5.98. The summed E-state index contributed by atoms with van der Waals surface area (Å²) in [7, 11) is 0. The van der Waals surface area contributed by atoms with Crippen molar-refractivity contribution in [2.45, 2.75) is 18.7 Å². The molecule has 2 aromatic rings. The van der Waals surface area contributed by atoms with Crippen molar-refractivity contribution in [3.05, 3.63) is 70.8 Å². The van der Waals surface area contributed by atoms with Crippen molar-refractivity contribution in [3.63, 3.8) is 0 Å². The Hall–Kier alpha value is -2.32. The monoisotopic (exact) mass is 291 g/mol. The van der Waals surface area contributed by atoms with Crippen LogP contribution in [0, 0.1) is 11.3 Å². The van der Waals surface area contributed by atoms with Gasteiger partial charge in [-0.15, -0.1) is 0 Å². The molecular weight excluding hydrogens is 279 g/mol. The highest BCUT2D eigenvalue weighted by atomic mass is 19.4. The Kier molecular flexibility index (Phi) is 4.29. The normalized spacial score (nSPS) is 12.7. The van der Waals surface area contributed by atoms with E-state index in [-0.39, 0.29) is 6.42 Å². The summed E-state index contributed by atoms with van der Waals surface area (Å²) in [5.41, 5.74) is 0.555. The molecule has 0 radical (unpaired) electrons. The third-order valence-corrected chi connectivity index (χ3v) is 3.08. The van der Waals surface area contributed by atoms with Gasteiger partial charge in [-0.1, -0.05) is 30.3 Å². The number of halogens is 3. The van der Waals surface area contributed by atoms with Crippen molar-refractivity contribution < 1.29 is 18.3 Å². The smallest absolute Gasteiger partial charge is 0.388 e. The zero-order valence-corrected chi connectivity index (χ0v) is 10.9. The SMILES string of the molecule is N#Cc1cccc(C(O)Cc2cccc(C(F)(F)F)c2)c1. The summed E-state index contributed by atoms with van der Waals surface area (Å²) < 4.78 is 37.9. The first-order valence-corrected chi connectivity index (χ1v) is 6.24. The van der Waals surface area contributed by atoms with Crippen molar-refractivity contribution in [1.29, 1.82) is 5.26 Å². The number of aliphatic hydroxyl groups excluding tert-OH is 1. The average Bonchev–Trinajstić information content (AvgIpc) is 2.46. The molecule has 1 unspecified atom stereocenters. The Morgan fingerprint density at radius 1 is 1.10 bits per heavy atom. The predicted octanol–water partition coefficient (Wildman–Crippen LogP) is 3.85. The Balaban J connectivity index is 2.20. The average molecular weight is 291 g/mol. The van der Waals surface area contributed by atoms with Crippen LogP contribution in [0.15, 0.2) is 48.5 Å². The molecular formula is C16H12F3NO. The number of hydrogen-bond acceptors (Lipinski definition) is 2. The van der Waals surface area contributed by atoms with Gasteiger partial charge >= 0.3 is 6.18 Å². The summed E-state index contributed by atoms with van der Waals surface area (Å²) in [6.45, 7) is 0. The van der Waals surface area contributed by atoms with E-state index in [4.69, 9.17) is 5.26 Å². The van der Waals surface area contributed by atoms with E-state index in [1.807, 2.05) is 6.07 Å². The second-order valence-corrected chi connectivity index (χ2v) is 4.66. The molecule has 1 atom stereocenters. The topological polar surface area (TPSA) is 44.0 Å². The summed E-state index contributed by atoms with van der Waals surface area (Å²) in [6.07, 6.45) is -5.30. The van der Waals surface area contributed by atoms with E-state index >= 15 is 0 Å². The van der Waals surface area contributed by atoms with Gasteiger partial charge in [-0.3, -0.25) is 0 Å². The van der Waals surface area contributed by atoms with E-state index in [1.54, 1.807) is 18.2 Å². The van der Waals surface area contributed by atoms with Crippen LogP contribution >= 0.6 is 0 Å². The zero-order chi connectivity index (χ0) is 15.5. The van der Waals surface area contributed by atoms with Gasteiger partial charge < -0.3 is 5.11 Å². The second-order valence-electron chi connectivity index (χ2n) is 4.66. The third-order valence-electron chi connectivity index (χ3n) is 3.08. The fourth-order valence-corrected chi connectivity index (χ4v) is 2.03. The molecule has 1 N–H and O–H groups in total. The molecule has 21 heavy (non-hydrogen) atoms. The van der Waals surface area contributed by atoms with E-state index in [1.165, 1.54) is 18.2 Å². The van der Waals surface area contributed by atoms with Gasteiger partial charge in [-0.2, -0.15) is 18.4 Å². The van der Waals surface area contributed by atoms with Crippen molar-refractivity contribution in [2.75, 3.05) is 0 Å². The summed E-state index contributed by atoms with van der Waals surface area (Å²) in [4.78, 5) is 0. The number of rotatable bonds is 3. The molecule has 0 bridgehead atoms. The van der Waals surface area contributed by atoms with Crippen LogP contribution in [0.5, 0.6) is 0 Å². The number of nitrogens with zero attached hydrogens (tertiary/aromatic N) is 1. The lowest BCUT2D eigenvalue weighted by molar-refractivity contribution is -0.137. The zero-order valence-electron chi connectivity index (χ0n) is 10.9. The van der Waals surface area contributed by atoms with Crippen LogP contribution < -0.4 is 0 Å². The van der Waals surface area contributed by atoms with E-state index in [9.17, 15) is 18.3 Å². The molecule has 0 fully saturated rings. The number of benzene rings is 2. The van der Waals surface area contributed by atoms with Gasteiger partial charge in [0, 0.05) is 6.42 Å².